The summed E-state index contributed by atoms with van der Waals surface area (Å²) < 4.78 is 10.6. The first-order valence-corrected chi connectivity index (χ1v) is 9.80. The molecule has 0 radical (unpaired) electrons. The molecule has 1 heterocycles. The molecule has 0 saturated heterocycles. The number of carbonyl (C=O) groups excluding carboxylic acids is 2. The number of aromatic nitrogens is 1. The lowest BCUT2D eigenvalue weighted by atomic mass is 9.49. The Morgan fingerprint density at radius 1 is 1.15 bits per heavy atom. The third kappa shape index (κ3) is 3.38. The number of esters is 1. The molecular weight excluding hydrogens is 332 g/mol. The van der Waals surface area contributed by atoms with Gasteiger partial charge in [0.15, 0.2) is 6.61 Å². The molecule has 1 aromatic heterocycles. The number of rotatable bonds is 6. The van der Waals surface area contributed by atoms with Crippen molar-refractivity contribution in [1.29, 1.82) is 0 Å². The highest BCUT2D eigenvalue weighted by Gasteiger charge is 2.54. The Kier molecular flexibility index (Phi) is 4.53. The van der Waals surface area contributed by atoms with E-state index in [4.69, 9.17) is 9.15 Å². The van der Waals surface area contributed by atoms with Crippen molar-refractivity contribution in [3.05, 3.63) is 17.3 Å². The summed E-state index contributed by atoms with van der Waals surface area (Å²) in [6.45, 7) is 4.05. The van der Waals surface area contributed by atoms with Gasteiger partial charge in [0, 0.05) is 12.0 Å². The first kappa shape index (κ1) is 17.6. The predicted octanol–water partition coefficient (Wildman–Crippen LogP) is 3.06. The van der Waals surface area contributed by atoms with Gasteiger partial charge in [0.2, 0.25) is 11.8 Å². The third-order valence-corrected chi connectivity index (χ3v) is 6.56. The average molecular weight is 360 g/mol. The fourth-order valence-electron chi connectivity index (χ4n) is 5.67. The lowest BCUT2D eigenvalue weighted by molar-refractivity contribution is -0.147. The zero-order valence-corrected chi connectivity index (χ0v) is 15.7. The highest BCUT2D eigenvalue weighted by atomic mass is 16.5. The van der Waals surface area contributed by atoms with Crippen LogP contribution in [0.5, 0.6) is 0 Å². The van der Waals surface area contributed by atoms with E-state index >= 15 is 0 Å². The minimum Gasteiger partial charge on any atom is -0.456 e. The number of hydrogen-bond donors (Lipinski definition) is 1. The van der Waals surface area contributed by atoms with Gasteiger partial charge in [0.1, 0.15) is 5.76 Å². The second-order valence-corrected chi connectivity index (χ2v) is 8.61. The maximum Gasteiger partial charge on any atom is 0.308 e. The van der Waals surface area contributed by atoms with Crippen LogP contribution in [0.25, 0.3) is 0 Å². The van der Waals surface area contributed by atoms with E-state index in [1.165, 1.54) is 19.3 Å². The Hall–Kier alpha value is -1.85. The summed E-state index contributed by atoms with van der Waals surface area (Å²) in [6, 6.07) is 0. The van der Waals surface area contributed by atoms with Gasteiger partial charge in [-0.2, -0.15) is 0 Å². The SMILES string of the molecule is Cc1nc(COC(=O)CCNC(=O)C23CC4CC(CC(C4)C2)C3)oc1C. The second kappa shape index (κ2) is 6.71. The molecular formula is C20H28N2O4. The molecule has 0 atom stereocenters. The zero-order chi connectivity index (χ0) is 18.3. The molecule has 6 nitrogen and oxygen atoms in total. The van der Waals surface area contributed by atoms with Gasteiger partial charge in [-0.25, -0.2) is 4.98 Å². The molecule has 5 rings (SSSR count). The van der Waals surface area contributed by atoms with Crippen LogP contribution in [0.3, 0.4) is 0 Å². The van der Waals surface area contributed by atoms with Crippen molar-refractivity contribution < 1.29 is 18.7 Å². The summed E-state index contributed by atoms with van der Waals surface area (Å²) in [5, 5.41) is 3.00. The number of nitrogens with zero attached hydrogens (tertiary/aromatic N) is 1. The van der Waals surface area contributed by atoms with Crippen LogP contribution in [0.4, 0.5) is 0 Å². The Morgan fingerprint density at radius 2 is 1.77 bits per heavy atom. The van der Waals surface area contributed by atoms with Crippen LogP contribution >= 0.6 is 0 Å². The lowest BCUT2D eigenvalue weighted by Crippen LogP contribution is -2.53. The normalized spacial score (nSPS) is 31.8. The van der Waals surface area contributed by atoms with E-state index in [1.54, 1.807) is 0 Å². The van der Waals surface area contributed by atoms with E-state index < -0.39 is 0 Å². The van der Waals surface area contributed by atoms with Crippen LogP contribution in [0.2, 0.25) is 0 Å². The van der Waals surface area contributed by atoms with Crippen LogP contribution in [0.15, 0.2) is 4.42 Å². The molecule has 4 saturated carbocycles. The molecule has 4 fully saturated rings. The third-order valence-electron chi connectivity index (χ3n) is 6.56. The van der Waals surface area contributed by atoms with Crippen LogP contribution in [0.1, 0.15) is 62.3 Å². The molecule has 4 bridgehead atoms. The summed E-state index contributed by atoms with van der Waals surface area (Å²) in [6.07, 6.45) is 7.25. The molecule has 4 aliphatic carbocycles. The largest absolute Gasteiger partial charge is 0.456 e. The van der Waals surface area contributed by atoms with Gasteiger partial charge in [-0.15, -0.1) is 0 Å². The Balaban J connectivity index is 1.22. The van der Waals surface area contributed by atoms with Gasteiger partial charge in [-0.1, -0.05) is 0 Å². The Labute approximate surface area is 154 Å². The first-order valence-electron chi connectivity index (χ1n) is 9.80. The van der Waals surface area contributed by atoms with E-state index in [0.717, 1.165) is 48.5 Å². The number of oxazole rings is 1. The van der Waals surface area contributed by atoms with Crippen LogP contribution in [-0.2, 0) is 20.9 Å². The maximum absolute atomic E-state index is 12.8. The summed E-state index contributed by atoms with van der Waals surface area (Å²) in [5.74, 6) is 3.18. The summed E-state index contributed by atoms with van der Waals surface area (Å²) in [4.78, 5) is 28.9. The predicted molar refractivity (Wildman–Crippen MR) is 94.0 cm³/mol. The molecule has 0 aliphatic heterocycles. The number of aryl methyl sites for hydroxylation is 2. The fraction of sp³-hybridized carbons (Fsp3) is 0.750. The molecule has 0 aromatic carbocycles. The second-order valence-electron chi connectivity index (χ2n) is 8.61. The number of nitrogens with one attached hydrogen (secondary N) is 1. The monoisotopic (exact) mass is 360 g/mol. The van der Waals surface area contributed by atoms with Gasteiger partial charge in [0.05, 0.1) is 12.1 Å². The highest BCUT2D eigenvalue weighted by molar-refractivity contribution is 5.83. The van der Waals surface area contributed by atoms with Crippen molar-refractivity contribution in [3.8, 4) is 0 Å². The van der Waals surface area contributed by atoms with E-state index in [-0.39, 0.29) is 30.3 Å². The van der Waals surface area contributed by atoms with E-state index in [9.17, 15) is 9.59 Å². The fourth-order valence-corrected chi connectivity index (χ4v) is 5.67. The number of hydrogen-bond acceptors (Lipinski definition) is 5. The number of ether oxygens (including phenoxy) is 1. The molecule has 1 aromatic rings. The summed E-state index contributed by atoms with van der Waals surface area (Å²) >= 11 is 0. The first-order chi connectivity index (χ1) is 12.4. The van der Waals surface area contributed by atoms with Crippen molar-refractivity contribution in [2.45, 2.75) is 65.4 Å². The van der Waals surface area contributed by atoms with E-state index in [2.05, 4.69) is 10.3 Å². The molecule has 0 spiro atoms. The number of carbonyl (C=O) groups is 2. The van der Waals surface area contributed by atoms with Crippen molar-refractivity contribution in [2.75, 3.05) is 6.54 Å². The molecule has 26 heavy (non-hydrogen) atoms. The van der Waals surface area contributed by atoms with Gasteiger partial charge < -0.3 is 14.5 Å². The quantitative estimate of drug-likeness (QED) is 0.789. The Morgan fingerprint density at radius 3 is 2.31 bits per heavy atom. The van der Waals surface area contributed by atoms with Crippen LogP contribution in [0, 0.1) is 37.0 Å². The molecule has 1 amide bonds. The summed E-state index contributed by atoms with van der Waals surface area (Å²) in [7, 11) is 0. The van der Waals surface area contributed by atoms with E-state index in [0.29, 0.717) is 12.4 Å². The van der Waals surface area contributed by atoms with Gasteiger partial charge in [-0.05, 0) is 70.1 Å². The van der Waals surface area contributed by atoms with Crippen molar-refractivity contribution in [1.82, 2.24) is 10.3 Å². The number of amides is 1. The molecule has 6 heteroatoms. The molecule has 1 N–H and O–H groups in total. The molecule has 142 valence electrons. The average Bonchev–Trinajstić information content (AvgIpc) is 2.90. The topological polar surface area (TPSA) is 81.4 Å². The van der Waals surface area contributed by atoms with Crippen molar-refractivity contribution >= 4 is 11.9 Å². The standard InChI is InChI=1S/C20H28N2O4/c1-12-13(2)26-17(22-12)11-25-18(23)3-4-21-19(24)20-8-14-5-15(9-20)7-16(6-14)10-20/h14-16H,3-11H2,1-2H3,(H,21,24). The summed E-state index contributed by atoms with van der Waals surface area (Å²) in [5.41, 5.74) is 0.644. The van der Waals surface area contributed by atoms with Crippen LogP contribution < -0.4 is 5.32 Å². The Bertz CT molecular complexity index is 654. The van der Waals surface area contributed by atoms with Crippen LogP contribution in [-0.4, -0.2) is 23.4 Å². The minimum atomic E-state index is -0.343. The highest BCUT2D eigenvalue weighted by Crippen LogP contribution is 2.60. The molecule has 4 aliphatic rings. The minimum absolute atomic E-state index is 0.0381. The smallest absolute Gasteiger partial charge is 0.308 e. The maximum atomic E-state index is 12.8. The van der Waals surface area contributed by atoms with Crippen molar-refractivity contribution in [3.63, 3.8) is 0 Å². The van der Waals surface area contributed by atoms with Crippen molar-refractivity contribution in [2.24, 2.45) is 23.2 Å². The van der Waals surface area contributed by atoms with Gasteiger partial charge in [-0.3, -0.25) is 9.59 Å². The van der Waals surface area contributed by atoms with E-state index in [1.807, 2.05) is 13.8 Å². The van der Waals surface area contributed by atoms with Gasteiger partial charge in [0.25, 0.3) is 0 Å². The lowest BCUT2D eigenvalue weighted by Gasteiger charge is -2.55. The van der Waals surface area contributed by atoms with Gasteiger partial charge >= 0.3 is 5.97 Å². The zero-order valence-electron chi connectivity index (χ0n) is 15.7. The molecule has 0 unspecified atom stereocenters.